The molecule has 2 N–H and O–H groups in total. The van der Waals surface area contributed by atoms with Crippen molar-refractivity contribution in [2.75, 3.05) is 63.3 Å². The van der Waals surface area contributed by atoms with Crippen molar-refractivity contribution in [2.24, 2.45) is 17.8 Å². The first-order valence-electron chi connectivity index (χ1n) is 30.4. The lowest BCUT2D eigenvalue weighted by Crippen LogP contribution is -2.37. The summed E-state index contributed by atoms with van der Waals surface area (Å²) in [5.41, 5.74) is 8.88. The molecule has 5 atom stereocenters. The number of esters is 1. The van der Waals surface area contributed by atoms with Gasteiger partial charge in [-0.3, -0.25) is 33.6 Å². The van der Waals surface area contributed by atoms with Gasteiger partial charge in [0, 0.05) is 90.6 Å². The average molecular weight is 1230 g/mol. The zero-order valence-corrected chi connectivity index (χ0v) is 53.5. The molecule has 2 amide bonds. The Balaban J connectivity index is 0.883. The van der Waals surface area contributed by atoms with Crippen LogP contribution in [0.5, 0.6) is 5.75 Å². The molecule has 1 fully saturated rings. The van der Waals surface area contributed by atoms with Crippen molar-refractivity contribution in [2.45, 2.75) is 150 Å². The van der Waals surface area contributed by atoms with Gasteiger partial charge in [-0.25, -0.2) is 0 Å². The van der Waals surface area contributed by atoms with Crippen LogP contribution in [0.1, 0.15) is 175 Å². The van der Waals surface area contributed by atoms with Gasteiger partial charge in [-0.1, -0.05) is 80.6 Å². The van der Waals surface area contributed by atoms with Crippen LogP contribution in [0.15, 0.2) is 101 Å². The second-order valence-corrected chi connectivity index (χ2v) is 25.5. The number of aromatic nitrogens is 3. The minimum absolute atomic E-state index is 0.0138. The molecule has 2 aliphatic heterocycles. The molecule has 1 saturated carbocycles. The molecule has 1 aliphatic carbocycles. The molecule has 0 saturated heterocycles. The molecule has 17 nitrogen and oxygen atoms in total. The first-order valence-corrected chi connectivity index (χ1v) is 31.6. The normalized spacial score (nSPS) is 18.0. The van der Waals surface area contributed by atoms with Gasteiger partial charge < -0.3 is 39.0 Å². The average Bonchev–Trinajstić information content (AvgIpc) is 1.69. The topological polar surface area (TPSA) is 214 Å². The number of nitrogens with one attached hydrogen (secondary N) is 2. The largest absolute Gasteiger partial charge is 0.491 e. The number of thioether (sulfide) groups is 1. The maximum atomic E-state index is 13.9. The van der Waals surface area contributed by atoms with Gasteiger partial charge in [0.15, 0.2) is 23.1 Å². The fourth-order valence-corrected chi connectivity index (χ4v) is 13.0. The molecule has 466 valence electrons. The standard InChI is InChI=1S/C68H85ClN6O11S/c1-42-40-56(49-22-24-50(69)25-23-49)62-43(2)47(6)87-67(62)75-48(7)72-73-66(75)55(42)41-59(78)71-51-26-28-52(29-27-51)85-39-38-84-37-34-74(60(79)20-15-13-11-12-14-16-21-61(80)86-68(8,9)10)33-36-83-35-32-70-57-19-17-18-54(63(57)46(5)76)64(81)44(3)53-30-31-58(77)45(4)65(53)82/h17-19,22-29,44,53,55,62,67,70H,4,11-16,20-21,30-39,41H2,1-3,5-10H3,(H,71,78). The summed E-state index contributed by atoms with van der Waals surface area (Å²) < 4.78 is 25.6. The van der Waals surface area contributed by atoms with E-state index in [0.29, 0.717) is 54.6 Å². The maximum Gasteiger partial charge on any atom is 0.306 e. The number of allylic oxidation sites excluding steroid dienone is 4. The SMILES string of the molecule is C=C1C(=O)CCC(C(C)C(=O)c2cccc(NCCOCCN(CCOCCOc3ccc(NC(=O)CC4C(C)=C=C(c5ccc(Cl)cc5)C5C(C)=C(C)SC5n5c(C)nnc54)cc3)C(=O)CCCCCCCCC(=O)OC(C)(C)C)c2C(C)=O)C1=O. The Kier molecular flexibility index (Phi) is 24.7. The molecule has 0 radical (unpaired) electrons. The Morgan fingerprint density at radius 2 is 1.52 bits per heavy atom. The Labute approximate surface area is 521 Å². The molecule has 3 aliphatic rings. The van der Waals surface area contributed by atoms with Crippen molar-refractivity contribution >= 4 is 81.2 Å². The molecule has 0 bridgehead atoms. The van der Waals surface area contributed by atoms with E-state index in [9.17, 15) is 33.6 Å². The zero-order chi connectivity index (χ0) is 63.0. The number of benzene rings is 3. The van der Waals surface area contributed by atoms with Gasteiger partial charge in [-0.05, 0) is 133 Å². The van der Waals surface area contributed by atoms with Crippen molar-refractivity contribution in [3.63, 3.8) is 0 Å². The lowest BCUT2D eigenvalue weighted by Gasteiger charge is -2.30. The highest BCUT2D eigenvalue weighted by atomic mass is 35.5. The number of nitrogens with zero attached hydrogens (tertiary/aromatic N) is 4. The van der Waals surface area contributed by atoms with E-state index in [0.717, 1.165) is 66.9 Å². The van der Waals surface area contributed by atoms with Crippen LogP contribution in [0.25, 0.3) is 5.57 Å². The highest BCUT2D eigenvalue weighted by molar-refractivity contribution is 8.03. The predicted octanol–water partition coefficient (Wildman–Crippen LogP) is 13.1. The number of carbonyl (C=O) groups is 7. The number of ether oxygens (including phenoxy) is 4. The number of rotatable bonds is 31. The van der Waals surface area contributed by atoms with Crippen molar-refractivity contribution in [3.05, 3.63) is 134 Å². The first kappa shape index (κ1) is 67.6. The van der Waals surface area contributed by atoms with Gasteiger partial charge in [0.1, 0.15) is 29.6 Å². The van der Waals surface area contributed by atoms with Crippen LogP contribution >= 0.6 is 23.4 Å². The number of ketones is 4. The van der Waals surface area contributed by atoms with Crippen LogP contribution in [-0.4, -0.2) is 119 Å². The summed E-state index contributed by atoms with van der Waals surface area (Å²) in [7, 11) is 0. The van der Waals surface area contributed by atoms with Crippen LogP contribution in [0.3, 0.4) is 0 Å². The van der Waals surface area contributed by atoms with Gasteiger partial charge in [0.05, 0.1) is 48.9 Å². The quantitative estimate of drug-likeness (QED) is 0.0120. The number of anilines is 2. The van der Waals surface area contributed by atoms with Crippen LogP contribution in [0.2, 0.25) is 5.02 Å². The number of carbonyl (C=O) groups excluding carboxylic acids is 7. The van der Waals surface area contributed by atoms with E-state index in [1.54, 1.807) is 66.1 Å². The van der Waals surface area contributed by atoms with Crippen molar-refractivity contribution in [3.8, 4) is 5.75 Å². The summed E-state index contributed by atoms with van der Waals surface area (Å²) >= 11 is 8.11. The van der Waals surface area contributed by atoms with Crippen molar-refractivity contribution in [1.29, 1.82) is 0 Å². The summed E-state index contributed by atoms with van der Waals surface area (Å²) in [5, 5.41) is 16.1. The first-order chi connectivity index (χ1) is 41.5. The van der Waals surface area contributed by atoms with E-state index in [1.807, 2.05) is 58.9 Å². The molecule has 19 heteroatoms. The molecular weight excluding hydrogens is 1140 g/mol. The summed E-state index contributed by atoms with van der Waals surface area (Å²) in [6.07, 6.45) is 6.47. The van der Waals surface area contributed by atoms with Crippen LogP contribution < -0.4 is 15.4 Å². The third-order valence-corrected chi connectivity index (χ3v) is 17.8. The van der Waals surface area contributed by atoms with Crippen LogP contribution in [0, 0.1) is 24.7 Å². The van der Waals surface area contributed by atoms with Crippen molar-refractivity contribution in [1.82, 2.24) is 19.7 Å². The number of aryl methyl sites for hydroxylation is 1. The fraction of sp³-hybridized carbons (Fsp3) is 0.500. The van der Waals surface area contributed by atoms with E-state index < -0.39 is 23.2 Å². The molecule has 4 aromatic rings. The summed E-state index contributed by atoms with van der Waals surface area (Å²) in [4.78, 5) is 94.4. The molecule has 87 heavy (non-hydrogen) atoms. The van der Waals surface area contributed by atoms with Gasteiger partial charge >= 0.3 is 5.97 Å². The lowest BCUT2D eigenvalue weighted by atomic mass is 9.74. The van der Waals surface area contributed by atoms with Gasteiger partial charge in [-0.15, -0.1) is 27.7 Å². The number of hydrogen-bond donors (Lipinski definition) is 2. The van der Waals surface area contributed by atoms with Crippen molar-refractivity contribution < 1.29 is 52.5 Å². The van der Waals surface area contributed by atoms with Gasteiger partial charge in [0.25, 0.3) is 0 Å². The zero-order valence-electron chi connectivity index (χ0n) is 51.9. The molecule has 7 rings (SSSR count). The highest BCUT2D eigenvalue weighted by Gasteiger charge is 2.42. The molecule has 0 spiro atoms. The van der Waals surface area contributed by atoms with E-state index in [2.05, 4.69) is 51.6 Å². The smallest absolute Gasteiger partial charge is 0.306 e. The number of fused-ring (bicyclic) bond motifs is 3. The lowest BCUT2D eigenvalue weighted by molar-refractivity contribution is -0.155. The third-order valence-electron chi connectivity index (χ3n) is 16.1. The van der Waals surface area contributed by atoms with Crippen LogP contribution in [0.4, 0.5) is 11.4 Å². The Hall–Kier alpha value is -6.95. The van der Waals surface area contributed by atoms with E-state index in [1.165, 1.54) is 17.4 Å². The highest BCUT2D eigenvalue weighted by Crippen LogP contribution is 2.55. The molecule has 5 unspecified atom stereocenters. The summed E-state index contributed by atoms with van der Waals surface area (Å²) in [5.74, 6) is -1.47. The molecule has 1 aromatic heterocycles. The Morgan fingerprint density at radius 1 is 0.851 bits per heavy atom. The van der Waals surface area contributed by atoms with Crippen LogP contribution in [-0.2, 0) is 38.2 Å². The summed E-state index contributed by atoms with van der Waals surface area (Å²) in [6, 6.07) is 20.0. The monoisotopic (exact) mass is 1230 g/mol. The Morgan fingerprint density at radius 3 is 2.20 bits per heavy atom. The number of Topliss-reactive ketones (excluding diaryl/α,β-unsaturated/α-hetero) is 4. The number of unbranched alkanes of at least 4 members (excludes halogenated alkanes) is 5. The van der Waals surface area contributed by atoms with Gasteiger partial charge in [-0.2, -0.15) is 0 Å². The predicted molar refractivity (Wildman–Crippen MR) is 340 cm³/mol. The molecule has 3 heterocycles. The number of hydrogen-bond acceptors (Lipinski definition) is 15. The van der Waals surface area contributed by atoms with E-state index >= 15 is 0 Å². The second kappa shape index (κ2) is 31.8. The van der Waals surface area contributed by atoms with E-state index in [4.69, 9.17) is 30.5 Å². The third kappa shape index (κ3) is 18.6. The molecule has 3 aromatic carbocycles. The second-order valence-electron chi connectivity index (χ2n) is 23.7. The molecular formula is C68H85ClN6O11S. The summed E-state index contributed by atoms with van der Waals surface area (Å²) in [6.45, 7) is 22.8. The number of amides is 2. The number of halogens is 1. The maximum absolute atomic E-state index is 13.9. The minimum atomic E-state index is -0.756. The minimum Gasteiger partial charge on any atom is -0.491 e. The van der Waals surface area contributed by atoms with Gasteiger partial charge in [0.2, 0.25) is 11.8 Å². The fourth-order valence-electron chi connectivity index (χ4n) is 11.3. The Bertz CT molecular complexity index is 3270. The van der Waals surface area contributed by atoms with E-state index in [-0.39, 0.29) is 121 Å².